The standard InChI is InChI=1S/C11H19N3O5/c15-13-8(1-9-5-17-9)2-12(3-10-6-18-10)14(13,16)4-11-7-19-11/h8-11,13H,1-7H2. The van der Waals surface area contributed by atoms with Crippen LogP contribution in [0.4, 0.5) is 0 Å². The van der Waals surface area contributed by atoms with Crippen LogP contribution in [0.1, 0.15) is 6.42 Å². The van der Waals surface area contributed by atoms with Gasteiger partial charge in [-0.05, 0) is 0 Å². The molecule has 0 aromatic carbocycles. The average molecular weight is 273 g/mol. The molecule has 4 aliphatic rings. The quantitative estimate of drug-likeness (QED) is 0.335. The molecule has 108 valence electrons. The van der Waals surface area contributed by atoms with Crippen molar-refractivity contribution in [3.05, 3.63) is 10.4 Å². The van der Waals surface area contributed by atoms with Gasteiger partial charge in [0, 0.05) is 6.42 Å². The number of rotatable bonds is 6. The van der Waals surface area contributed by atoms with E-state index in [1.54, 1.807) is 5.01 Å². The molecule has 0 radical (unpaired) electrons. The van der Waals surface area contributed by atoms with E-state index in [4.69, 9.17) is 14.2 Å². The maximum atomic E-state index is 12.9. The number of epoxide rings is 3. The average Bonchev–Trinajstić information content (AvgIpc) is 3.22. The van der Waals surface area contributed by atoms with E-state index in [0.29, 0.717) is 32.7 Å². The Morgan fingerprint density at radius 1 is 1.11 bits per heavy atom. The molecule has 0 amide bonds. The topological polar surface area (TPSA) is 91.4 Å². The summed E-state index contributed by atoms with van der Waals surface area (Å²) in [6.07, 6.45) is 0.918. The lowest BCUT2D eigenvalue weighted by Crippen LogP contribution is -3.21. The molecule has 0 aliphatic carbocycles. The van der Waals surface area contributed by atoms with Crippen LogP contribution in [0.15, 0.2) is 0 Å². The Hall–Kier alpha value is -0.320. The first-order valence-electron chi connectivity index (χ1n) is 6.89. The first kappa shape index (κ1) is 12.4. The minimum atomic E-state index is -0.859. The molecule has 1 N–H and O–H groups in total. The summed E-state index contributed by atoms with van der Waals surface area (Å²) < 4.78 is 15.5. The van der Waals surface area contributed by atoms with Gasteiger partial charge in [0.05, 0.1) is 38.6 Å². The maximum Gasteiger partial charge on any atom is 0.171 e. The highest BCUT2D eigenvalue weighted by Gasteiger charge is 2.53. The molecule has 0 saturated carbocycles. The number of nitrogens with one attached hydrogen (secondary N) is 1. The van der Waals surface area contributed by atoms with E-state index in [9.17, 15) is 10.4 Å². The molecule has 0 aromatic rings. The van der Waals surface area contributed by atoms with E-state index in [-0.39, 0.29) is 36.1 Å². The third-order valence-corrected chi connectivity index (χ3v) is 4.20. The summed E-state index contributed by atoms with van der Waals surface area (Å²) in [4.78, 5) is -0.859. The zero-order valence-corrected chi connectivity index (χ0v) is 10.7. The predicted octanol–water partition coefficient (Wildman–Crippen LogP) is -2.22. The monoisotopic (exact) mass is 273 g/mol. The third kappa shape index (κ3) is 2.50. The number of ether oxygens (including phenoxy) is 3. The molecule has 0 bridgehead atoms. The molecule has 0 spiro atoms. The van der Waals surface area contributed by atoms with Gasteiger partial charge in [0.1, 0.15) is 12.6 Å². The predicted molar refractivity (Wildman–Crippen MR) is 62.0 cm³/mol. The number of nitrogens with zero attached hydrogens (tertiary/aromatic N) is 2. The van der Waals surface area contributed by atoms with Crippen molar-refractivity contribution in [2.45, 2.75) is 30.8 Å². The van der Waals surface area contributed by atoms with Gasteiger partial charge in [-0.25, -0.2) is 0 Å². The van der Waals surface area contributed by atoms with Gasteiger partial charge in [0.15, 0.2) is 12.6 Å². The van der Waals surface area contributed by atoms with E-state index in [1.165, 1.54) is 0 Å². The SMILES string of the molecule is [O-][NH+]1C(CC2CO2)CN(CC2CO2)[N+]1([O-])CC1CO1. The van der Waals surface area contributed by atoms with E-state index in [2.05, 4.69) is 0 Å². The van der Waals surface area contributed by atoms with Gasteiger partial charge in [0.25, 0.3) is 0 Å². The smallest absolute Gasteiger partial charge is 0.171 e. The van der Waals surface area contributed by atoms with Gasteiger partial charge in [-0.15, -0.1) is 4.86 Å². The molecule has 4 saturated heterocycles. The Kier molecular flexibility index (Phi) is 2.84. The van der Waals surface area contributed by atoms with Crippen LogP contribution in [0.3, 0.4) is 0 Å². The van der Waals surface area contributed by atoms with Crippen LogP contribution in [0, 0.1) is 10.4 Å². The Balaban J connectivity index is 1.48. The van der Waals surface area contributed by atoms with Crippen molar-refractivity contribution < 1.29 is 24.2 Å². The Bertz CT molecular complexity index is 360. The van der Waals surface area contributed by atoms with E-state index in [0.717, 1.165) is 6.61 Å². The maximum absolute atomic E-state index is 12.9. The van der Waals surface area contributed by atoms with Crippen molar-refractivity contribution in [2.75, 3.05) is 39.5 Å². The van der Waals surface area contributed by atoms with Gasteiger partial charge < -0.3 is 24.6 Å². The lowest BCUT2D eigenvalue weighted by atomic mass is 10.2. The van der Waals surface area contributed by atoms with Gasteiger partial charge in [-0.2, -0.15) is 5.17 Å². The van der Waals surface area contributed by atoms with Crippen LogP contribution in [-0.4, -0.2) is 73.7 Å². The first-order valence-corrected chi connectivity index (χ1v) is 6.89. The molecule has 4 rings (SSSR count). The first-order chi connectivity index (χ1) is 9.15. The Morgan fingerprint density at radius 2 is 1.74 bits per heavy atom. The molecule has 4 fully saturated rings. The minimum Gasteiger partial charge on any atom is -0.582 e. The highest BCUT2D eigenvalue weighted by molar-refractivity contribution is 4.80. The van der Waals surface area contributed by atoms with Gasteiger partial charge in [-0.1, -0.05) is 5.01 Å². The van der Waals surface area contributed by atoms with Crippen molar-refractivity contribution in [2.24, 2.45) is 0 Å². The van der Waals surface area contributed by atoms with Gasteiger partial charge >= 0.3 is 0 Å². The third-order valence-electron chi connectivity index (χ3n) is 4.20. The van der Waals surface area contributed by atoms with Crippen LogP contribution in [0.2, 0.25) is 0 Å². The molecule has 8 heteroatoms. The van der Waals surface area contributed by atoms with Crippen LogP contribution in [-0.2, 0) is 14.2 Å². The fraction of sp³-hybridized carbons (Fsp3) is 1.00. The van der Waals surface area contributed by atoms with Crippen molar-refractivity contribution >= 4 is 0 Å². The summed E-state index contributed by atoms with van der Waals surface area (Å²) >= 11 is 0. The van der Waals surface area contributed by atoms with Crippen LogP contribution in [0.5, 0.6) is 0 Å². The summed E-state index contributed by atoms with van der Waals surface area (Å²) in [5.41, 5.74) is 0. The fourth-order valence-corrected chi connectivity index (χ4v) is 2.86. The molecule has 0 aromatic heterocycles. The van der Waals surface area contributed by atoms with Crippen molar-refractivity contribution in [1.82, 2.24) is 5.01 Å². The second-order valence-corrected chi connectivity index (χ2v) is 5.89. The molecule has 6 atom stereocenters. The van der Waals surface area contributed by atoms with Crippen molar-refractivity contribution in [1.29, 1.82) is 0 Å². The number of hydroxylamine groups is 2. The van der Waals surface area contributed by atoms with Crippen molar-refractivity contribution in [3.63, 3.8) is 0 Å². The molecule has 4 aliphatic heterocycles. The molecule has 19 heavy (non-hydrogen) atoms. The summed E-state index contributed by atoms with van der Waals surface area (Å²) in [6.45, 7) is 3.30. The van der Waals surface area contributed by atoms with E-state index < -0.39 is 4.86 Å². The summed E-state index contributed by atoms with van der Waals surface area (Å²) in [7, 11) is 0. The van der Waals surface area contributed by atoms with Crippen LogP contribution < -0.4 is 5.17 Å². The summed E-state index contributed by atoms with van der Waals surface area (Å²) in [5.74, 6) is 0. The second kappa shape index (κ2) is 4.34. The van der Waals surface area contributed by atoms with Crippen molar-refractivity contribution in [3.8, 4) is 0 Å². The highest BCUT2D eigenvalue weighted by atomic mass is 16.8. The Morgan fingerprint density at radius 3 is 2.32 bits per heavy atom. The largest absolute Gasteiger partial charge is 0.582 e. The Labute approximate surface area is 111 Å². The van der Waals surface area contributed by atoms with E-state index >= 15 is 0 Å². The minimum absolute atomic E-state index is 0.0556. The molecular weight excluding hydrogens is 254 g/mol. The number of quaternary nitrogens is 2. The molecular formula is C11H19N3O5. The number of hydrogen-bond acceptors (Lipinski definition) is 6. The molecule has 8 nitrogen and oxygen atoms in total. The molecule has 6 unspecified atom stereocenters. The summed E-state index contributed by atoms with van der Waals surface area (Å²) in [6, 6.07) is -0.206. The second-order valence-electron chi connectivity index (χ2n) is 5.89. The fourth-order valence-electron chi connectivity index (χ4n) is 2.86. The molecule has 4 heterocycles. The zero-order valence-electron chi connectivity index (χ0n) is 10.7. The zero-order chi connectivity index (χ0) is 13.0. The highest BCUT2D eigenvalue weighted by Crippen LogP contribution is 2.25. The summed E-state index contributed by atoms with van der Waals surface area (Å²) in [5, 5.41) is 26.8. The lowest BCUT2D eigenvalue weighted by molar-refractivity contribution is -1.49. The van der Waals surface area contributed by atoms with Gasteiger partial charge in [-0.3, -0.25) is 0 Å². The van der Waals surface area contributed by atoms with E-state index in [1.807, 2.05) is 0 Å². The number of hydrogen-bond donors (Lipinski definition) is 1. The van der Waals surface area contributed by atoms with Gasteiger partial charge in [0.2, 0.25) is 0 Å². The lowest BCUT2D eigenvalue weighted by Gasteiger charge is -2.46. The van der Waals surface area contributed by atoms with Crippen LogP contribution >= 0.6 is 0 Å². The van der Waals surface area contributed by atoms with Crippen LogP contribution in [0.25, 0.3) is 0 Å². The normalized spacial score (nSPS) is 52.4.